The lowest BCUT2D eigenvalue weighted by atomic mass is 10.2. The maximum absolute atomic E-state index is 12.4. The Balaban J connectivity index is 1.74. The van der Waals surface area contributed by atoms with Crippen LogP contribution in [0.4, 0.5) is 0 Å². The number of phenols is 1. The molecule has 0 aliphatic rings. The number of rotatable bonds is 4. The molecule has 1 amide bonds. The number of thiazole rings is 1. The van der Waals surface area contributed by atoms with Crippen LogP contribution < -0.4 is 5.32 Å². The molecule has 0 spiro atoms. The fraction of sp³-hybridized carbons (Fsp3) is 0.111. The molecule has 0 fully saturated rings. The van der Waals surface area contributed by atoms with Crippen molar-refractivity contribution in [1.29, 1.82) is 0 Å². The van der Waals surface area contributed by atoms with Gasteiger partial charge in [0.25, 0.3) is 5.91 Å². The first-order valence-corrected chi connectivity index (χ1v) is 8.52. The number of aromatic hydroxyl groups is 1. The number of aromatic nitrogens is 1. The summed E-state index contributed by atoms with van der Waals surface area (Å²) in [4.78, 5) is 17.4. The van der Waals surface area contributed by atoms with Crippen LogP contribution in [0.2, 0.25) is 5.02 Å². The molecule has 4 nitrogen and oxygen atoms in total. The van der Waals surface area contributed by atoms with E-state index in [9.17, 15) is 9.90 Å². The Morgan fingerprint density at radius 3 is 2.71 bits per heavy atom. The number of carbonyl (C=O) groups is 1. The summed E-state index contributed by atoms with van der Waals surface area (Å²) in [6, 6.07) is 14.1. The minimum atomic E-state index is -0.157. The first kappa shape index (κ1) is 16.5. The first-order valence-electron chi connectivity index (χ1n) is 7.32. The fourth-order valence-electron chi connectivity index (χ4n) is 2.24. The van der Waals surface area contributed by atoms with Gasteiger partial charge in [0.1, 0.15) is 15.6 Å². The molecule has 0 bridgehead atoms. The van der Waals surface area contributed by atoms with Crippen molar-refractivity contribution in [1.82, 2.24) is 10.3 Å². The first-order chi connectivity index (χ1) is 11.5. The van der Waals surface area contributed by atoms with Gasteiger partial charge in [0.05, 0.1) is 5.69 Å². The molecule has 122 valence electrons. The van der Waals surface area contributed by atoms with Crippen LogP contribution in [0.15, 0.2) is 48.5 Å². The predicted molar refractivity (Wildman–Crippen MR) is 96.6 cm³/mol. The molecular formula is C18H15ClN2O2S. The second kappa shape index (κ2) is 7.03. The second-order valence-corrected chi connectivity index (χ2v) is 6.73. The Morgan fingerprint density at radius 2 is 2.00 bits per heavy atom. The normalized spacial score (nSPS) is 10.6. The summed E-state index contributed by atoms with van der Waals surface area (Å²) in [6.45, 7) is 2.22. The van der Waals surface area contributed by atoms with Crippen molar-refractivity contribution in [3.63, 3.8) is 0 Å². The lowest BCUT2D eigenvalue weighted by molar-refractivity contribution is 0.0954. The van der Waals surface area contributed by atoms with E-state index in [1.807, 2.05) is 25.1 Å². The molecule has 24 heavy (non-hydrogen) atoms. The smallest absolute Gasteiger partial charge is 0.263 e. The van der Waals surface area contributed by atoms with Gasteiger partial charge in [0.15, 0.2) is 0 Å². The molecule has 0 saturated carbocycles. The Hall–Kier alpha value is -2.37. The largest absolute Gasteiger partial charge is 0.508 e. The summed E-state index contributed by atoms with van der Waals surface area (Å²) >= 11 is 7.28. The molecule has 3 aromatic rings. The molecule has 3 rings (SSSR count). The van der Waals surface area contributed by atoms with Gasteiger partial charge in [-0.1, -0.05) is 23.7 Å². The summed E-state index contributed by atoms with van der Waals surface area (Å²) in [7, 11) is 0. The van der Waals surface area contributed by atoms with Gasteiger partial charge in [-0.3, -0.25) is 4.79 Å². The third-order valence-electron chi connectivity index (χ3n) is 3.46. The Labute approximate surface area is 148 Å². The average molecular weight is 359 g/mol. The van der Waals surface area contributed by atoms with Gasteiger partial charge in [-0.05, 0) is 48.9 Å². The highest BCUT2D eigenvalue weighted by atomic mass is 35.5. The van der Waals surface area contributed by atoms with Gasteiger partial charge in [-0.2, -0.15) is 0 Å². The van der Waals surface area contributed by atoms with Crippen LogP contribution in [0.1, 0.15) is 20.9 Å². The van der Waals surface area contributed by atoms with E-state index in [2.05, 4.69) is 10.3 Å². The standard InChI is InChI=1S/C18H15ClN2O2S/c1-11-16(17(23)20-10-12-3-2-4-14(19)9-12)24-18(21-11)13-5-7-15(22)8-6-13/h2-9,22H,10H2,1H3,(H,20,23). The van der Waals surface area contributed by atoms with Crippen LogP contribution in [-0.2, 0) is 6.54 Å². The van der Waals surface area contributed by atoms with E-state index in [4.69, 9.17) is 11.6 Å². The van der Waals surface area contributed by atoms with Gasteiger partial charge in [-0.15, -0.1) is 11.3 Å². The second-order valence-electron chi connectivity index (χ2n) is 5.29. The minimum Gasteiger partial charge on any atom is -0.508 e. The maximum atomic E-state index is 12.4. The third kappa shape index (κ3) is 3.75. The molecule has 0 saturated heterocycles. The van der Waals surface area contributed by atoms with Crippen molar-refractivity contribution in [3.05, 3.63) is 69.7 Å². The number of hydrogen-bond acceptors (Lipinski definition) is 4. The highest BCUT2D eigenvalue weighted by Gasteiger charge is 2.16. The quantitative estimate of drug-likeness (QED) is 0.726. The summed E-state index contributed by atoms with van der Waals surface area (Å²) in [5, 5.41) is 13.6. The van der Waals surface area contributed by atoms with Crippen molar-refractivity contribution in [2.24, 2.45) is 0 Å². The van der Waals surface area contributed by atoms with Gasteiger partial charge < -0.3 is 10.4 Å². The van der Waals surface area contributed by atoms with E-state index >= 15 is 0 Å². The Morgan fingerprint density at radius 1 is 1.25 bits per heavy atom. The number of carbonyl (C=O) groups excluding carboxylic acids is 1. The number of nitrogens with one attached hydrogen (secondary N) is 1. The molecule has 0 unspecified atom stereocenters. The Bertz CT molecular complexity index is 875. The predicted octanol–water partition coefficient (Wildman–Crippen LogP) is 4.41. The van der Waals surface area contributed by atoms with Crippen LogP contribution in [0, 0.1) is 6.92 Å². The van der Waals surface area contributed by atoms with E-state index in [1.54, 1.807) is 30.3 Å². The van der Waals surface area contributed by atoms with Crippen LogP contribution in [0.25, 0.3) is 10.6 Å². The van der Waals surface area contributed by atoms with E-state index in [0.29, 0.717) is 22.1 Å². The van der Waals surface area contributed by atoms with E-state index in [1.165, 1.54) is 11.3 Å². The molecule has 6 heteroatoms. The zero-order valence-corrected chi connectivity index (χ0v) is 14.5. The fourth-order valence-corrected chi connectivity index (χ4v) is 3.45. The molecule has 2 aromatic carbocycles. The summed E-state index contributed by atoms with van der Waals surface area (Å²) < 4.78 is 0. The zero-order valence-electron chi connectivity index (χ0n) is 12.9. The van der Waals surface area contributed by atoms with Crippen molar-refractivity contribution >= 4 is 28.8 Å². The SMILES string of the molecule is Cc1nc(-c2ccc(O)cc2)sc1C(=O)NCc1cccc(Cl)c1. The van der Waals surface area contributed by atoms with Gasteiger partial charge in [0, 0.05) is 17.1 Å². The Kier molecular flexibility index (Phi) is 4.83. The topological polar surface area (TPSA) is 62.2 Å². The summed E-state index contributed by atoms with van der Waals surface area (Å²) in [5.41, 5.74) is 2.50. The number of aryl methyl sites for hydroxylation is 1. The van der Waals surface area contributed by atoms with Crippen LogP contribution in [0.5, 0.6) is 5.75 Å². The summed E-state index contributed by atoms with van der Waals surface area (Å²) in [6.07, 6.45) is 0. The number of hydrogen-bond donors (Lipinski definition) is 2. The third-order valence-corrected chi connectivity index (χ3v) is 4.90. The van der Waals surface area contributed by atoms with Crippen molar-refractivity contribution < 1.29 is 9.90 Å². The molecular weight excluding hydrogens is 344 g/mol. The van der Waals surface area contributed by atoms with E-state index < -0.39 is 0 Å². The van der Waals surface area contributed by atoms with E-state index in [-0.39, 0.29) is 11.7 Å². The number of nitrogens with zero attached hydrogens (tertiary/aromatic N) is 1. The van der Waals surface area contributed by atoms with Crippen molar-refractivity contribution in [2.75, 3.05) is 0 Å². The van der Waals surface area contributed by atoms with Gasteiger partial charge >= 0.3 is 0 Å². The van der Waals surface area contributed by atoms with Crippen LogP contribution in [0.3, 0.4) is 0 Å². The lowest BCUT2D eigenvalue weighted by Crippen LogP contribution is -2.22. The van der Waals surface area contributed by atoms with Gasteiger partial charge in [0.2, 0.25) is 0 Å². The minimum absolute atomic E-state index is 0.157. The molecule has 1 heterocycles. The molecule has 0 aliphatic heterocycles. The number of halogens is 1. The van der Waals surface area contributed by atoms with Crippen LogP contribution in [-0.4, -0.2) is 16.0 Å². The monoisotopic (exact) mass is 358 g/mol. The van der Waals surface area contributed by atoms with Crippen molar-refractivity contribution in [3.8, 4) is 16.3 Å². The molecule has 0 radical (unpaired) electrons. The van der Waals surface area contributed by atoms with Crippen LogP contribution >= 0.6 is 22.9 Å². The molecule has 0 aliphatic carbocycles. The lowest BCUT2D eigenvalue weighted by Gasteiger charge is -2.04. The highest BCUT2D eigenvalue weighted by molar-refractivity contribution is 7.17. The zero-order chi connectivity index (χ0) is 17.1. The van der Waals surface area contributed by atoms with Gasteiger partial charge in [-0.25, -0.2) is 4.98 Å². The average Bonchev–Trinajstić information content (AvgIpc) is 2.95. The molecule has 0 atom stereocenters. The van der Waals surface area contributed by atoms with Crippen molar-refractivity contribution in [2.45, 2.75) is 13.5 Å². The molecule has 1 aromatic heterocycles. The number of benzene rings is 2. The maximum Gasteiger partial charge on any atom is 0.263 e. The summed E-state index contributed by atoms with van der Waals surface area (Å²) in [5.74, 6) is 0.0431. The number of phenolic OH excluding ortho intramolecular Hbond substituents is 1. The van der Waals surface area contributed by atoms with E-state index in [0.717, 1.165) is 16.1 Å². The number of amides is 1. The highest BCUT2D eigenvalue weighted by Crippen LogP contribution is 2.29. The molecule has 2 N–H and O–H groups in total.